The third kappa shape index (κ3) is 3.22. The summed E-state index contributed by atoms with van der Waals surface area (Å²) in [6, 6.07) is 11.1. The van der Waals surface area contributed by atoms with E-state index in [-0.39, 0.29) is 5.56 Å². The van der Waals surface area contributed by atoms with Gasteiger partial charge in [0, 0.05) is 18.8 Å². The molecule has 0 aromatic heterocycles. The van der Waals surface area contributed by atoms with E-state index in [4.69, 9.17) is 5.11 Å². The Balaban J connectivity index is 1.51. The summed E-state index contributed by atoms with van der Waals surface area (Å²) in [6.45, 7) is 2.36. The van der Waals surface area contributed by atoms with Gasteiger partial charge in [-0.25, -0.2) is 4.79 Å². The number of hydrogen-bond acceptors (Lipinski definition) is 4. The molecule has 5 nitrogen and oxygen atoms in total. The third-order valence-electron chi connectivity index (χ3n) is 4.89. The zero-order chi connectivity index (χ0) is 17.2. The van der Waals surface area contributed by atoms with Gasteiger partial charge in [0.1, 0.15) is 0 Å². The van der Waals surface area contributed by atoms with Crippen LogP contribution in [0.15, 0.2) is 41.5 Å². The lowest BCUT2D eigenvalue weighted by Crippen LogP contribution is -2.34. The van der Waals surface area contributed by atoms with Crippen molar-refractivity contribution < 1.29 is 9.90 Å². The molecule has 0 amide bonds. The van der Waals surface area contributed by atoms with Crippen LogP contribution in [0.3, 0.4) is 0 Å². The van der Waals surface area contributed by atoms with Gasteiger partial charge in [-0.2, -0.15) is 5.10 Å². The molecule has 0 saturated carbocycles. The monoisotopic (exact) mass is 335 g/mol. The predicted molar refractivity (Wildman–Crippen MR) is 99.9 cm³/mol. The Morgan fingerprint density at radius 2 is 1.72 bits per heavy atom. The fourth-order valence-electron chi connectivity index (χ4n) is 3.77. The van der Waals surface area contributed by atoms with E-state index in [9.17, 15) is 4.79 Å². The molecule has 0 spiro atoms. The molecular formula is C20H21N3O2. The fraction of sp³-hybridized carbons (Fsp3) is 0.300. The van der Waals surface area contributed by atoms with E-state index >= 15 is 0 Å². The lowest BCUT2D eigenvalue weighted by atomic mass is 9.90. The molecule has 2 aliphatic heterocycles. The van der Waals surface area contributed by atoms with Gasteiger partial charge < -0.3 is 10.0 Å². The van der Waals surface area contributed by atoms with E-state index in [1.54, 1.807) is 24.3 Å². The molecular weight excluding hydrogens is 314 g/mol. The van der Waals surface area contributed by atoms with Gasteiger partial charge in [-0.3, -0.25) is 5.43 Å². The van der Waals surface area contributed by atoms with Gasteiger partial charge in [0.15, 0.2) is 0 Å². The second-order valence-corrected chi connectivity index (χ2v) is 6.63. The summed E-state index contributed by atoms with van der Waals surface area (Å²) in [7, 11) is 0. The number of nitrogens with one attached hydrogen (secondary N) is 1. The summed E-state index contributed by atoms with van der Waals surface area (Å²) in [4.78, 5) is 13.4. The van der Waals surface area contributed by atoms with Crippen LogP contribution in [0.5, 0.6) is 0 Å². The van der Waals surface area contributed by atoms with Crippen LogP contribution in [-0.2, 0) is 12.8 Å². The maximum atomic E-state index is 10.9. The molecule has 0 bridgehead atoms. The predicted octanol–water partition coefficient (Wildman–Crippen LogP) is 3.53. The number of rotatable bonds is 4. The first-order chi connectivity index (χ1) is 12.2. The Labute approximate surface area is 147 Å². The molecule has 128 valence electrons. The van der Waals surface area contributed by atoms with E-state index in [2.05, 4.69) is 27.6 Å². The van der Waals surface area contributed by atoms with Crippen LogP contribution in [0.4, 0.5) is 11.4 Å². The molecule has 2 heterocycles. The number of aryl methyl sites for hydroxylation is 2. The van der Waals surface area contributed by atoms with Crippen molar-refractivity contribution in [3.63, 3.8) is 0 Å². The first-order valence-electron chi connectivity index (χ1n) is 8.74. The highest BCUT2D eigenvalue weighted by Crippen LogP contribution is 2.35. The van der Waals surface area contributed by atoms with Crippen molar-refractivity contribution in [2.45, 2.75) is 25.7 Å². The Morgan fingerprint density at radius 3 is 2.32 bits per heavy atom. The van der Waals surface area contributed by atoms with E-state index < -0.39 is 5.97 Å². The summed E-state index contributed by atoms with van der Waals surface area (Å²) in [5, 5.41) is 13.2. The summed E-state index contributed by atoms with van der Waals surface area (Å²) >= 11 is 0. The average Bonchev–Trinajstić information content (AvgIpc) is 2.63. The van der Waals surface area contributed by atoms with E-state index in [1.165, 1.54) is 42.7 Å². The van der Waals surface area contributed by atoms with Crippen LogP contribution in [0.1, 0.15) is 39.9 Å². The van der Waals surface area contributed by atoms with Gasteiger partial charge in [0.2, 0.25) is 0 Å². The minimum atomic E-state index is -0.924. The number of aromatic carboxylic acids is 1. The molecule has 2 aromatic rings. The number of benzene rings is 2. The quantitative estimate of drug-likeness (QED) is 0.663. The van der Waals surface area contributed by atoms with Gasteiger partial charge in [-0.1, -0.05) is 0 Å². The molecule has 2 N–H and O–H groups in total. The number of nitrogens with zero attached hydrogens (tertiary/aromatic N) is 2. The van der Waals surface area contributed by atoms with Gasteiger partial charge in [0.05, 0.1) is 17.5 Å². The number of hydrogen-bond donors (Lipinski definition) is 2. The number of carboxylic acids is 1. The highest BCUT2D eigenvalue weighted by atomic mass is 16.4. The average molecular weight is 335 g/mol. The molecule has 0 unspecified atom stereocenters. The van der Waals surface area contributed by atoms with Crippen LogP contribution in [-0.4, -0.2) is 30.4 Å². The number of carboxylic acid groups (broad SMARTS) is 1. The Hall–Kier alpha value is -2.82. The van der Waals surface area contributed by atoms with Crippen molar-refractivity contribution in [1.82, 2.24) is 0 Å². The molecule has 5 heteroatoms. The van der Waals surface area contributed by atoms with Crippen molar-refractivity contribution in [3.8, 4) is 0 Å². The summed E-state index contributed by atoms with van der Waals surface area (Å²) in [6.07, 6.45) is 6.58. The summed E-state index contributed by atoms with van der Waals surface area (Å²) in [5.74, 6) is -0.924. The number of anilines is 2. The maximum absolute atomic E-state index is 10.9. The Bertz CT molecular complexity index is 796. The second kappa shape index (κ2) is 6.59. The van der Waals surface area contributed by atoms with Crippen LogP contribution in [0.25, 0.3) is 0 Å². The van der Waals surface area contributed by atoms with Crippen LogP contribution >= 0.6 is 0 Å². The standard InChI is InChI=1S/C20H21N3O2/c24-20(25)15-5-7-18(8-6-15)22-21-13-14-11-16-3-1-9-23-10-2-4-17(12-14)19(16)23/h5-8,11-13,22H,1-4,9-10H2,(H,24,25). The van der Waals surface area contributed by atoms with Gasteiger partial charge in [-0.05, 0) is 78.8 Å². The Kier molecular flexibility index (Phi) is 4.14. The minimum Gasteiger partial charge on any atom is -0.478 e. The van der Waals surface area contributed by atoms with Gasteiger partial charge >= 0.3 is 5.97 Å². The van der Waals surface area contributed by atoms with Crippen molar-refractivity contribution >= 4 is 23.6 Å². The van der Waals surface area contributed by atoms with Crippen molar-refractivity contribution in [3.05, 3.63) is 58.7 Å². The first-order valence-corrected chi connectivity index (χ1v) is 8.74. The molecule has 0 radical (unpaired) electrons. The van der Waals surface area contributed by atoms with Crippen molar-refractivity contribution in [2.24, 2.45) is 5.10 Å². The highest BCUT2D eigenvalue weighted by molar-refractivity contribution is 5.88. The summed E-state index contributed by atoms with van der Waals surface area (Å²) < 4.78 is 0. The molecule has 2 aliphatic rings. The van der Waals surface area contributed by atoms with Crippen molar-refractivity contribution in [1.29, 1.82) is 0 Å². The SMILES string of the molecule is O=C(O)c1ccc(NN=Cc2cc3c4c(c2)CCCN4CCC3)cc1. The van der Waals surface area contributed by atoms with Crippen molar-refractivity contribution in [2.75, 3.05) is 23.4 Å². The normalized spacial score (nSPS) is 15.9. The zero-order valence-corrected chi connectivity index (χ0v) is 14.0. The molecule has 0 atom stereocenters. The maximum Gasteiger partial charge on any atom is 0.335 e. The molecule has 0 fully saturated rings. The van der Waals surface area contributed by atoms with E-state index in [0.29, 0.717) is 0 Å². The third-order valence-corrected chi connectivity index (χ3v) is 4.89. The van der Waals surface area contributed by atoms with Crippen LogP contribution in [0.2, 0.25) is 0 Å². The highest BCUT2D eigenvalue weighted by Gasteiger charge is 2.23. The number of hydrazone groups is 1. The van der Waals surface area contributed by atoms with E-state index in [1.807, 2.05) is 6.21 Å². The molecule has 0 aliphatic carbocycles. The second-order valence-electron chi connectivity index (χ2n) is 6.63. The smallest absolute Gasteiger partial charge is 0.335 e. The first kappa shape index (κ1) is 15.7. The lowest BCUT2D eigenvalue weighted by molar-refractivity contribution is 0.0697. The number of carbonyl (C=O) groups is 1. The molecule has 2 aromatic carbocycles. The molecule has 0 saturated heterocycles. The van der Waals surface area contributed by atoms with Gasteiger partial charge in [-0.15, -0.1) is 0 Å². The van der Waals surface area contributed by atoms with Crippen LogP contribution < -0.4 is 10.3 Å². The van der Waals surface area contributed by atoms with Gasteiger partial charge in [0.25, 0.3) is 0 Å². The topological polar surface area (TPSA) is 64.9 Å². The Morgan fingerprint density at radius 1 is 1.08 bits per heavy atom. The summed E-state index contributed by atoms with van der Waals surface area (Å²) in [5.41, 5.74) is 9.47. The van der Waals surface area contributed by atoms with Crippen LogP contribution in [0, 0.1) is 0 Å². The largest absolute Gasteiger partial charge is 0.478 e. The molecule has 25 heavy (non-hydrogen) atoms. The van der Waals surface area contributed by atoms with E-state index in [0.717, 1.165) is 24.1 Å². The minimum absolute atomic E-state index is 0.271. The lowest BCUT2D eigenvalue weighted by Gasteiger charge is -2.37. The zero-order valence-electron chi connectivity index (χ0n) is 14.0. The fourth-order valence-corrected chi connectivity index (χ4v) is 3.77. The molecule has 4 rings (SSSR count).